The molecule has 0 spiro atoms. The SMILES string of the molecule is CC(C)(C)[Si](C)(C)OCCCCCCc1cc2sc(-c3ccc4cc(-c5cc6sc(CCCCCCO[Si](C)(C)C(C)(C)C)cc6s5)ccc4c3)cc2s1. The van der Waals surface area contributed by atoms with E-state index in [0.717, 1.165) is 13.2 Å². The first-order valence-electron chi connectivity index (χ1n) is 20.4. The topological polar surface area (TPSA) is 18.5 Å². The van der Waals surface area contributed by atoms with Crippen molar-refractivity contribution in [2.75, 3.05) is 13.2 Å². The number of fused-ring (bicyclic) bond motifs is 3. The average molecular weight is 833 g/mol. The number of thiophene rings is 4. The molecule has 0 fully saturated rings. The van der Waals surface area contributed by atoms with Gasteiger partial charge in [-0.1, -0.05) is 91.5 Å². The van der Waals surface area contributed by atoms with Crippen LogP contribution in [0.15, 0.2) is 60.7 Å². The molecule has 6 aromatic rings. The van der Waals surface area contributed by atoms with Gasteiger partial charge in [0.1, 0.15) is 0 Å². The summed E-state index contributed by atoms with van der Waals surface area (Å²) in [5, 5.41) is 3.23. The molecule has 0 atom stereocenters. The smallest absolute Gasteiger partial charge is 0.191 e. The molecule has 2 aromatic carbocycles. The molecular formula is C46H64O2S4Si2. The summed E-state index contributed by atoms with van der Waals surface area (Å²) in [6, 6.07) is 23.8. The van der Waals surface area contributed by atoms with Gasteiger partial charge in [0.05, 0.1) is 0 Å². The largest absolute Gasteiger partial charge is 0.417 e. The fourth-order valence-electron chi connectivity index (χ4n) is 6.45. The maximum atomic E-state index is 6.36. The molecule has 54 heavy (non-hydrogen) atoms. The summed E-state index contributed by atoms with van der Waals surface area (Å²) in [6.07, 6.45) is 12.4. The number of hydrogen-bond donors (Lipinski definition) is 0. The van der Waals surface area contributed by atoms with Crippen molar-refractivity contribution in [2.24, 2.45) is 0 Å². The highest BCUT2D eigenvalue weighted by molar-refractivity contribution is 7.30. The van der Waals surface area contributed by atoms with Gasteiger partial charge in [-0.3, -0.25) is 0 Å². The van der Waals surface area contributed by atoms with Crippen LogP contribution in [0.4, 0.5) is 0 Å². The summed E-state index contributed by atoms with van der Waals surface area (Å²) >= 11 is 7.88. The molecule has 6 rings (SSSR count). The summed E-state index contributed by atoms with van der Waals surface area (Å²) in [4.78, 5) is 5.82. The molecule has 0 aliphatic carbocycles. The molecule has 0 saturated carbocycles. The Morgan fingerprint density at radius 2 is 0.815 bits per heavy atom. The van der Waals surface area contributed by atoms with E-state index in [9.17, 15) is 0 Å². The maximum absolute atomic E-state index is 6.36. The average Bonchev–Trinajstić information content (AvgIpc) is 3.86. The normalized spacial score (nSPS) is 13.3. The van der Waals surface area contributed by atoms with E-state index in [1.807, 2.05) is 45.3 Å². The van der Waals surface area contributed by atoms with Gasteiger partial charge >= 0.3 is 0 Å². The predicted octanol–water partition coefficient (Wildman–Crippen LogP) is 17.0. The third-order valence-corrected chi connectivity index (χ3v) is 26.0. The lowest BCUT2D eigenvalue weighted by molar-refractivity contribution is 0.277. The summed E-state index contributed by atoms with van der Waals surface area (Å²) in [5.74, 6) is 0. The van der Waals surface area contributed by atoms with Crippen LogP contribution < -0.4 is 0 Å². The molecule has 0 saturated heterocycles. The van der Waals surface area contributed by atoms with E-state index in [1.165, 1.54) is 124 Å². The van der Waals surface area contributed by atoms with E-state index in [2.05, 4.69) is 128 Å². The molecule has 0 aliphatic rings. The Hall–Kier alpha value is -1.63. The van der Waals surface area contributed by atoms with Crippen LogP contribution in [0.3, 0.4) is 0 Å². The Kier molecular flexibility index (Phi) is 13.6. The second kappa shape index (κ2) is 17.5. The Morgan fingerprint density at radius 3 is 1.19 bits per heavy atom. The van der Waals surface area contributed by atoms with Gasteiger partial charge in [0.2, 0.25) is 0 Å². The minimum atomic E-state index is -1.61. The molecule has 292 valence electrons. The van der Waals surface area contributed by atoms with Crippen LogP contribution in [0, 0.1) is 0 Å². The summed E-state index contributed by atoms with van der Waals surface area (Å²) in [6.45, 7) is 25.2. The van der Waals surface area contributed by atoms with Crippen LogP contribution in [0.2, 0.25) is 36.3 Å². The van der Waals surface area contributed by atoms with E-state index in [-0.39, 0.29) is 0 Å². The van der Waals surface area contributed by atoms with Crippen molar-refractivity contribution in [3.05, 3.63) is 70.4 Å². The van der Waals surface area contributed by atoms with E-state index in [4.69, 9.17) is 8.85 Å². The third-order valence-electron chi connectivity index (χ3n) is 12.1. The van der Waals surface area contributed by atoms with Crippen LogP contribution in [0.1, 0.15) is 103 Å². The molecule has 0 aliphatic heterocycles. The zero-order chi connectivity index (χ0) is 38.7. The second-order valence-electron chi connectivity index (χ2n) is 18.4. The van der Waals surface area contributed by atoms with Crippen molar-refractivity contribution in [2.45, 2.75) is 142 Å². The Labute approximate surface area is 344 Å². The van der Waals surface area contributed by atoms with Gasteiger partial charge in [-0.2, -0.15) is 0 Å². The molecule has 0 unspecified atom stereocenters. The van der Waals surface area contributed by atoms with Crippen molar-refractivity contribution in [1.29, 1.82) is 0 Å². The highest BCUT2D eigenvalue weighted by Crippen LogP contribution is 2.42. The highest BCUT2D eigenvalue weighted by Gasteiger charge is 2.37. The first-order valence-corrected chi connectivity index (χ1v) is 29.4. The standard InChI is InChI=1S/C46H64O2S4Si2/c1-45(2,3)53(7,8)47-25-17-13-11-15-19-37-29-41-43(49-37)31-39(51-41)35-23-21-34-28-36(24-22-33(34)27-35)40-32-44-42(52-40)30-38(50-44)20-16-12-14-18-26-48-54(9,10)46(4,5)6/h21-24,27-32H,11-20,25-26H2,1-10H3. The number of hydrogen-bond acceptors (Lipinski definition) is 6. The molecule has 0 radical (unpaired) electrons. The molecule has 2 nitrogen and oxygen atoms in total. The molecule has 0 amide bonds. The monoisotopic (exact) mass is 832 g/mol. The van der Waals surface area contributed by atoms with Crippen LogP contribution in [-0.4, -0.2) is 29.8 Å². The Morgan fingerprint density at radius 1 is 0.444 bits per heavy atom. The lowest BCUT2D eigenvalue weighted by Crippen LogP contribution is -2.40. The van der Waals surface area contributed by atoms with Gasteiger partial charge in [-0.25, -0.2) is 0 Å². The van der Waals surface area contributed by atoms with E-state index in [1.54, 1.807) is 0 Å². The van der Waals surface area contributed by atoms with E-state index >= 15 is 0 Å². The summed E-state index contributed by atoms with van der Waals surface area (Å²) < 4.78 is 18.5. The van der Waals surface area contributed by atoms with Gasteiger partial charge in [0, 0.05) is 51.5 Å². The second-order valence-corrected chi connectivity index (χ2v) is 32.5. The zero-order valence-corrected chi connectivity index (χ0v) is 40.0. The molecular weight excluding hydrogens is 769 g/mol. The molecule has 0 bridgehead atoms. The number of aryl methyl sites for hydroxylation is 2. The minimum absolute atomic E-state index is 0.299. The third kappa shape index (κ3) is 10.5. The first kappa shape index (κ1) is 42.0. The van der Waals surface area contributed by atoms with Crippen molar-refractivity contribution in [3.63, 3.8) is 0 Å². The molecule has 8 heteroatoms. The lowest BCUT2D eigenvalue weighted by atomic mass is 10.0. The van der Waals surface area contributed by atoms with Crippen molar-refractivity contribution in [1.82, 2.24) is 0 Å². The minimum Gasteiger partial charge on any atom is -0.417 e. The van der Waals surface area contributed by atoms with Crippen LogP contribution in [0.25, 0.3) is 50.5 Å². The first-order chi connectivity index (χ1) is 25.5. The van der Waals surface area contributed by atoms with Gasteiger partial charge < -0.3 is 8.85 Å². The van der Waals surface area contributed by atoms with Crippen molar-refractivity contribution < 1.29 is 8.85 Å². The van der Waals surface area contributed by atoms with Crippen LogP contribution >= 0.6 is 45.3 Å². The number of benzene rings is 2. The zero-order valence-electron chi connectivity index (χ0n) is 34.7. The fraction of sp³-hybridized carbons (Fsp3) is 0.522. The van der Waals surface area contributed by atoms with Crippen LogP contribution in [0.5, 0.6) is 0 Å². The lowest BCUT2D eigenvalue weighted by Gasteiger charge is -2.36. The molecule has 4 heterocycles. The van der Waals surface area contributed by atoms with Gasteiger partial charge in [-0.05, 0) is 133 Å². The van der Waals surface area contributed by atoms with Gasteiger partial charge in [-0.15, -0.1) is 45.3 Å². The predicted molar refractivity (Wildman–Crippen MR) is 252 cm³/mol. The van der Waals surface area contributed by atoms with E-state index < -0.39 is 16.6 Å². The number of unbranched alkanes of at least 4 members (excludes halogenated alkanes) is 6. The molecule has 0 N–H and O–H groups in total. The highest BCUT2D eigenvalue weighted by atomic mass is 32.1. The maximum Gasteiger partial charge on any atom is 0.191 e. The van der Waals surface area contributed by atoms with Crippen molar-refractivity contribution >= 4 is 91.6 Å². The quantitative estimate of drug-likeness (QED) is 0.0634. The van der Waals surface area contributed by atoms with E-state index in [0.29, 0.717) is 10.1 Å². The van der Waals surface area contributed by atoms with Gasteiger partial charge in [0.25, 0.3) is 0 Å². The van der Waals surface area contributed by atoms with Crippen LogP contribution in [-0.2, 0) is 21.7 Å². The molecule has 4 aromatic heterocycles. The fourth-order valence-corrected chi connectivity index (χ4v) is 13.5. The van der Waals surface area contributed by atoms with Crippen molar-refractivity contribution in [3.8, 4) is 20.9 Å². The number of rotatable bonds is 18. The Balaban J connectivity index is 0.962. The van der Waals surface area contributed by atoms with Gasteiger partial charge in [0.15, 0.2) is 16.6 Å². The Bertz CT molecular complexity index is 1920. The summed E-state index contributed by atoms with van der Waals surface area (Å²) in [7, 11) is -3.22. The summed E-state index contributed by atoms with van der Waals surface area (Å²) in [5.41, 5.74) is 2.66.